The maximum Gasteiger partial charge on any atom is 0.0777 e. The van der Waals surface area contributed by atoms with Crippen LogP contribution in [-0.2, 0) is 4.74 Å². The molecule has 106 valence electrons. The van der Waals surface area contributed by atoms with Crippen molar-refractivity contribution in [2.24, 2.45) is 5.73 Å². The fourth-order valence-corrected chi connectivity index (χ4v) is 2.99. The number of nitrogens with two attached hydrogens (primary N) is 1. The Bertz CT molecular complexity index is 396. The van der Waals surface area contributed by atoms with Crippen LogP contribution < -0.4 is 5.73 Å². The highest BCUT2D eigenvalue weighted by Gasteiger charge is 2.36. The number of hydrogen-bond donors (Lipinski definition) is 1. The Labute approximate surface area is 116 Å². The second-order valence-electron chi connectivity index (χ2n) is 5.79. The van der Waals surface area contributed by atoms with Gasteiger partial charge in [0.1, 0.15) is 0 Å². The van der Waals surface area contributed by atoms with Crippen molar-refractivity contribution in [2.45, 2.75) is 44.4 Å². The highest BCUT2D eigenvalue weighted by Crippen LogP contribution is 2.31. The highest BCUT2D eigenvalue weighted by molar-refractivity contribution is 5.12. The van der Waals surface area contributed by atoms with Gasteiger partial charge in [0.05, 0.1) is 17.3 Å². The number of pyridine rings is 1. The molecule has 1 saturated heterocycles. The van der Waals surface area contributed by atoms with Crippen LogP contribution >= 0.6 is 0 Å². The third-order valence-electron chi connectivity index (χ3n) is 4.06. The maximum atomic E-state index is 6.21. The number of likely N-dealkylation sites (tertiary alicyclic amines) is 1. The lowest BCUT2D eigenvalue weighted by atomic mass is 9.91. The molecule has 19 heavy (non-hydrogen) atoms. The lowest BCUT2D eigenvalue weighted by Crippen LogP contribution is -2.51. The smallest absolute Gasteiger partial charge is 0.0777 e. The fraction of sp³-hybridized carbons (Fsp3) is 0.667. The normalized spacial score (nSPS) is 28.0. The van der Waals surface area contributed by atoms with Gasteiger partial charge < -0.3 is 10.5 Å². The molecule has 1 aromatic rings. The van der Waals surface area contributed by atoms with Gasteiger partial charge in [-0.2, -0.15) is 0 Å². The topological polar surface area (TPSA) is 51.4 Å². The number of piperidine rings is 1. The quantitative estimate of drug-likeness (QED) is 0.902. The van der Waals surface area contributed by atoms with Crippen molar-refractivity contribution in [2.75, 3.05) is 20.2 Å². The van der Waals surface area contributed by atoms with Gasteiger partial charge >= 0.3 is 0 Å². The molecule has 3 unspecified atom stereocenters. The van der Waals surface area contributed by atoms with Crippen LogP contribution in [0.4, 0.5) is 0 Å². The molecule has 2 N–H and O–H groups in total. The Morgan fingerprint density at radius 3 is 2.84 bits per heavy atom. The number of hydrogen-bond acceptors (Lipinski definition) is 4. The summed E-state index contributed by atoms with van der Waals surface area (Å²) in [7, 11) is 1.80. The lowest BCUT2D eigenvalue weighted by Gasteiger charge is -2.44. The molecule has 1 aliphatic heterocycles. The third-order valence-corrected chi connectivity index (χ3v) is 4.06. The van der Waals surface area contributed by atoms with Crippen molar-refractivity contribution >= 4 is 0 Å². The van der Waals surface area contributed by atoms with Gasteiger partial charge in [-0.3, -0.25) is 9.88 Å². The minimum Gasteiger partial charge on any atom is -0.377 e. The SMILES string of the molecule is COC1(C)CCCN(C(c2ccccn2)C(C)N)C1. The molecule has 0 aliphatic carbocycles. The second kappa shape index (κ2) is 5.99. The summed E-state index contributed by atoms with van der Waals surface area (Å²) < 4.78 is 5.67. The number of aromatic nitrogens is 1. The molecule has 2 rings (SSSR count). The molecule has 0 saturated carbocycles. The van der Waals surface area contributed by atoms with Crippen LogP contribution in [0.3, 0.4) is 0 Å². The molecule has 0 bridgehead atoms. The Hall–Kier alpha value is -0.970. The van der Waals surface area contributed by atoms with Gasteiger partial charge in [-0.15, -0.1) is 0 Å². The van der Waals surface area contributed by atoms with E-state index in [2.05, 4.69) is 29.8 Å². The Morgan fingerprint density at radius 1 is 1.47 bits per heavy atom. The standard InChI is InChI=1S/C15H25N3O/c1-12(16)14(13-7-4-5-9-17-13)18-10-6-8-15(2,11-18)19-3/h4-5,7,9,12,14H,6,8,10-11,16H2,1-3H3. The van der Waals surface area contributed by atoms with Gasteiger partial charge in [0.25, 0.3) is 0 Å². The van der Waals surface area contributed by atoms with Crippen LogP contribution in [0.1, 0.15) is 38.4 Å². The highest BCUT2D eigenvalue weighted by atomic mass is 16.5. The summed E-state index contributed by atoms with van der Waals surface area (Å²) in [6.07, 6.45) is 4.08. The van der Waals surface area contributed by atoms with E-state index in [-0.39, 0.29) is 17.7 Å². The first kappa shape index (κ1) is 14.4. The van der Waals surface area contributed by atoms with E-state index in [1.165, 1.54) is 0 Å². The van der Waals surface area contributed by atoms with Crippen LogP contribution in [0.2, 0.25) is 0 Å². The predicted molar refractivity (Wildman–Crippen MR) is 76.8 cm³/mol. The number of rotatable bonds is 4. The second-order valence-corrected chi connectivity index (χ2v) is 5.79. The molecule has 0 spiro atoms. The Kier molecular flexibility index (Phi) is 4.55. The molecule has 1 fully saturated rings. The van der Waals surface area contributed by atoms with Gasteiger partial charge in [-0.05, 0) is 45.4 Å². The van der Waals surface area contributed by atoms with E-state index >= 15 is 0 Å². The van der Waals surface area contributed by atoms with Crippen LogP contribution in [-0.4, -0.2) is 41.7 Å². The van der Waals surface area contributed by atoms with Gasteiger partial charge in [0.2, 0.25) is 0 Å². The van der Waals surface area contributed by atoms with E-state index < -0.39 is 0 Å². The Balaban J connectivity index is 2.20. The first-order valence-corrected chi connectivity index (χ1v) is 7.01. The molecule has 0 radical (unpaired) electrons. The van der Waals surface area contributed by atoms with Gasteiger partial charge in [0.15, 0.2) is 0 Å². The average Bonchev–Trinajstić information content (AvgIpc) is 2.40. The molecule has 4 heteroatoms. The molecular weight excluding hydrogens is 238 g/mol. The minimum atomic E-state index is -0.0693. The molecule has 4 nitrogen and oxygen atoms in total. The largest absolute Gasteiger partial charge is 0.377 e. The molecule has 0 aromatic carbocycles. The predicted octanol–water partition coefficient (Wildman–Crippen LogP) is 1.97. The van der Waals surface area contributed by atoms with Crippen molar-refractivity contribution in [1.82, 2.24) is 9.88 Å². The first-order valence-electron chi connectivity index (χ1n) is 7.01. The molecule has 1 aromatic heterocycles. The van der Waals surface area contributed by atoms with Crippen molar-refractivity contribution in [3.63, 3.8) is 0 Å². The van der Waals surface area contributed by atoms with Gasteiger partial charge in [-0.25, -0.2) is 0 Å². The number of ether oxygens (including phenoxy) is 1. The summed E-state index contributed by atoms with van der Waals surface area (Å²) in [6.45, 7) is 6.20. The van der Waals surface area contributed by atoms with E-state index in [4.69, 9.17) is 10.5 Å². The molecular formula is C15H25N3O. The summed E-state index contributed by atoms with van der Waals surface area (Å²) in [4.78, 5) is 6.90. The van der Waals surface area contributed by atoms with E-state index in [1.807, 2.05) is 18.3 Å². The van der Waals surface area contributed by atoms with Crippen molar-refractivity contribution in [1.29, 1.82) is 0 Å². The van der Waals surface area contributed by atoms with Gasteiger partial charge in [0, 0.05) is 25.9 Å². The van der Waals surface area contributed by atoms with Crippen LogP contribution in [0, 0.1) is 0 Å². The van der Waals surface area contributed by atoms with Crippen LogP contribution in [0.25, 0.3) is 0 Å². The number of nitrogens with zero attached hydrogens (tertiary/aromatic N) is 2. The average molecular weight is 263 g/mol. The zero-order valence-corrected chi connectivity index (χ0v) is 12.2. The summed E-state index contributed by atoms with van der Waals surface area (Å²) in [5.74, 6) is 0. The van der Waals surface area contributed by atoms with Crippen molar-refractivity contribution < 1.29 is 4.74 Å². The van der Waals surface area contributed by atoms with Gasteiger partial charge in [-0.1, -0.05) is 6.07 Å². The van der Waals surface area contributed by atoms with Crippen LogP contribution in [0.5, 0.6) is 0 Å². The summed E-state index contributed by atoms with van der Waals surface area (Å²) in [5, 5.41) is 0. The van der Waals surface area contributed by atoms with E-state index in [0.29, 0.717) is 0 Å². The minimum absolute atomic E-state index is 0.0501. The molecule has 1 aliphatic rings. The van der Waals surface area contributed by atoms with E-state index in [0.717, 1.165) is 31.6 Å². The van der Waals surface area contributed by atoms with E-state index in [9.17, 15) is 0 Å². The van der Waals surface area contributed by atoms with Crippen LogP contribution in [0.15, 0.2) is 24.4 Å². The first-order chi connectivity index (χ1) is 9.06. The molecule has 2 heterocycles. The number of methoxy groups -OCH3 is 1. The summed E-state index contributed by atoms with van der Waals surface area (Å²) in [5.41, 5.74) is 7.19. The monoisotopic (exact) mass is 263 g/mol. The zero-order chi connectivity index (χ0) is 13.9. The Morgan fingerprint density at radius 2 is 2.26 bits per heavy atom. The maximum absolute atomic E-state index is 6.21. The zero-order valence-electron chi connectivity index (χ0n) is 12.2. The van der Waals surface area contributed by atoms with E-state index in [1.54, 1.807) is 7.11 Å². The lowest BCUT2D eigenvalue weighted by molar-refractivity contribution is -0.0641. The molecule has 0 amide bonds. The fourth-order valence-electron chi connectivity index (χ4n) is 2.99. The van der Waals surface area contributed by atoms with Crippen molar-refractivity contribution in [3.8, 4) is 0 Å². The third kappa shape index (κ3) is 3.32. The molecule has 3 atom stereocenters. The van der Waals surface area contributed by atoms with Crippen molar-refractivity contribution in [3.05, 3.63) is 30.1 Å². The summed E-state index contributed by atoms with van der Waals surface area (Å²) in [6, 6.07) is 6.24. The summed E-state index contributed by atoms with van der Waals surface area (Å²) >= 11 is 0.